The van der Waals surface area contributed by atoms with Crippen LogP contribution in [0.15, 0.2) is 91.0 Å². The fourth-order valence-electron chi connectivity index (χ4n) is 24.6. The lowest BCUT2D eigenvalue weighted by Gasteiger charge is -2.57. The molecule has 6 aromatic carbocycles. The molecule has 26 nitrogen and oxygen atoms in total. The van der Waals surface area contributed by atoms with Gasteiger partial charge in [0.25, 0.3) is 5.91 Å². The van der Waals surface area contributed by atoms with E-state index in [9.17, 15) is 79.8 Å². The number of aliphatic hydroxyl groups excluding tert-OH is 4. The van der Waals surface area contributed by atoms with Crippen LogP contribution in [0, 0.1) is 71.0 Å². The van der Waals surface area contributed by atoms with Crippen molar-refractivity contribution < 1.29 is 120 Å². The number of ether oxygens (including phenoxy) is 3. The lowest BCUT2D eigenvalue weighted by molar-refractivity contribution is -0.124. The quantitative estimate of drug-likeness (QED) is 0.0243. The summed E-state index contributed by atoms with van der Waals surface area (Å²) in [6.45, 7) is 3.39. The Balaban J connectivity index is 0.000000135. The van der Waals surface area contributed by atoms with Crippen LogP contribution in [-0.4, -0.2) is 131 Å². The number of esters is 1. The highest BCUT2D eigenvalue weighted by atomic mass is 35.5. The first kappa shape index (κ1) is 88.9. The second-order valence-corrected chi connectivity index (χ2v) is 36.5. The van der Waals surface area contributed by atoms with E-state index < -0.39 is 35.4 Å². The number of aromatic carboxylic acids is 2. The van der Waals surface area contributed by atoms with Gasteiger partial charge in [0.1, 0.15) is 62.7 Å². The van der Waals surface area contributed by atoms with Gasteiger partial charge in [-0.1, -0.05) is 12.1 Å². The van der Waals surface area contributed by atoms with Crippen molar-refractivity contribution in [2.24, 2.45) is 76.7 Å². The van der Waals surface area contributed by atoms with Gasteiger partial charge in [-0.2, -0.15) is 0 Å². The van der Waals surface area contributed by atoms with Crippen LogP contribution in [0.5, 0.6) is 46.0 Å². The standard InChI is InChI=1S/C25H29NO5.C21H26O6.C18H22O4.C10H16O.C8H8O4.C7H9NO2.C3H5ClO2/c27-13-18-6-23(30)20(24(31)26-12-17-1-2-19(28)7-22(17)29)8-21(18)25-9-14-3-15(10-25)5-16(4-14)11-25;1-2-26-20(25)27-19(24)16-7-17(15(11-22)6-18(16)23)21-8-12-3-13(9-21)5-14(4-12)10-21;19-9-13-4-16(20)14(17(21)22)5-15(13)18-6-10-1-11(7-18)3-12(2-10)8-18;11-10-4-7-1-8(5-10)3-9(2-7)6-10;9-4-5-1-2-6(8(11)12)7(10)3-5;8-4-5-1-2-6(9)3-7(5)10;1-2-6-3(4)5/h1-2,6-8,14-16,27-30H,3-5,9-13H2,(H,26,31);6-7,12-14,22-23H,2-5,8-11H2,1H3;4-5,10-12,19-20H,1-3,6-9H2,(H,21,22);7-9,11H,1-6H2;1-3,9-10H,4H2,(H,11,12);1-3,9-10H,4,8H2;2H2,1H3. The first-order chi connectivity index (χ1) is 56.7. The molecule has 644 valence electrons. The van der Waals surface area contributed by atoms with E-state index in [1.54, 1.807) is 50.2 Å². The Morgan fingerprint density at radius 3 is 1.04 bits per heavy atom. The van der Waals surface area contributed by atoms with E-state index in [0.717, 1.165) is 147 Å². The fraction of sp³-hybridized carbons (Fsp3) is 0.543. The highest BCUT2D eigenvalue weighted by Gasteiger charge is 2.56. The van der Waals surface area contributed by atoms with Gasteiger partial charge in [-0.15, -0.1) is 0 Å². The molecule has 6 aromatic rings. The molecule has 22 rings (SSSR count). The number of carbonyl (C=O) groups excluding carboxylic acids is 4. The number of phenols is 8. The van der Waals surface area contributed by atoms with Gasteiger partial charge in [0.15, 0.2) is 0 Å². The summed E-state index contributed by atoms with van der Waals surface area (Å²) >= 11 is 4.72. The largest absolute Gasteiger partial charge is 0.516 e. The Labute approximate surface area is 697 Å². The predicted octanol–water partition coefficient (Wildman–Crippen LogP) is 14.9. The highest BCUT2D eigenvalue weighted by Crippen LogP contribution is 2.65. The van der Waals surface area contributed by atoms with Crippen molar-refractivity contribution in [1.82, 2.24) is 5.32 Å². The number of carboxylic acid groups (broad SMARTS) is 2. The lowest BCUT2D eigenvalue weighted by Crippen LogP contribution is -2.50. The molecule has 16 fully saturated rings. The third-order valence-corrected chi connectivity index (χ3v) is 27.8. The van der Waals surface area contributed by atoms with Crippen molar-refractivity contribution >= 4 is 47.0 Å². The molecule has 0 aliphatic heterocycles. The third-order valence-electron chi connectivity index (χ3n) is 27.7. The Bertz CT molecular complexity index is 4550. The number of carboxylic acids is 2. The van der Waals surface area contributed by atoms with Crippen LogP contribution < -0.4 is 11.1 Å². The number of amides is 1. The SMILES string of the molecule is CCOC(=O)Cl.CCOC(=O)OC(=O)c1cc(C23CC4CC(CC(C4)C2)C3)c(CO)cc1O.NCc1ccc(O)cc1O.O=C(NCc1ccc(O)cc1O)c1cc(C23CC4CC(CC(C4)C2)C3)c(CO)cc1O.O=C(O)c1cc(C23CC4CC(CC(C4)C2)C3)c(CO)cc1O.O=C(O)c1ccc(CO)cc1O.OC12CC3CC(CC(C3)C1)C2. The van der Waals surface area contributed by atoms with Gasteiger partial charge in [0, 0.05) is 48.0 Å². The number of halogens is 1. The first-order valence-electron chi connectivity index (χ1n) is 41.9. The second kappa shape index (κ2) is 37.7. The van der Waals surface area contributed by atoms with Crippen molar-refractivity contribution in [1.29, 1.82) is 0 Å². The van der Waals surface area contributed by atoms with Crippen molar-refractivity contribution in [3.63, 3.8) is 0 Å². The monoisotopic (exact) mass is 1670 g/mol. The van der Waals surface area contributed by atoms with Gasteiger partial charge in [-0.05, 0) is 361 Å². The number of benzene rings is 6. The molecule has 0 unspecified atom stereocenters. The topological polar surface area (TPSA) is 472 Å². The zero-order valence-corrected chi connectivity index (χ0v) is 68.3. The van der Waals surface area contributed by atoms with Crippen LogP contribution in [0.2, 0.25) is 0 Å². The van der Waals surface area contributed by atoms with Crippen molar-refractivity contribution in [3.8, 4) is 46.0 Å². The van der Waals surface area contributed by atoms with Crippen molar-refractivity contribution in [2.75, 3.05) is 13.2 Å². The Hall–Kier alpha value is -9.41. The molecule has 0 radical (unpaired) electrons. The molecule has 16 saturated carbocycles. The number of nitrogens with one attached hydrogen (secondary N) is 1. The summed E-state index contributed by atoms with van der Waals surface area (Å²) < 4.78 is 13.5. The molecular weight excluding hydrogens is 1550 g/mol. The summed E-state index contributed by atoms with van der Waals surface area (Å²) in [5, 5.41) is 146. The van der Waals surface area contributed by atoms with Crippen LogP contribution in [0.25, 0.3) is 0 Å². The number of hydrogen-bond acceptors (Lipinski definition) is 23. The molecule has 16 bridgehead atoms. The van der Waals surface area contributed by atoms with E-state index in [4.69, 9.17) is 42.9 Å². The normalized spacial score (nSPS) is 28.8. The molecule has 18 N–H and O–H groups in total. The molecular formula is C92H115ClN2O24. The summed E-state index contributed by atoms with van der Waals surface area (Å²) in [5.74, 6) is 4.49. The van der Waals surface area contributed by atoms with Crippen molar-refractivity contribution in [3.05, 3.63) is 163 Å². The van der Waals surface area contributed by atoms with Gasteiger partial charge < -0.3 is 102 Å². The van der Waals surface area contributed by atoms with Crippen LogP contribution in [0.4, 0.5) is 9.59 Å². The maximum Gasteiger partial charge on any atom is 0.516 e. The molecule has 16 aliphatic carbocycles. The zero-order chi connectivity index (χ0) is 85.6. The number of aliphatic hydroxyl groups is 5. The van der Waals surface area contributed by atoms with E-state index in [1.165, 1.54) is 132 Å². The minimum Gasteiger partial charge on any atom is -0.508 e. The summed E-state index contributed by atoms with van der Waals surface area (Å²) in [5.41, 5.74) is 10.8. The second-order valence-electron chi connectivity index (χ2n) is 36.2. The maximum atomic E-state index is 12.9. The average molecular weight is 1670 g/mol. The molecule has 0 aromatic heterocycles. The van der Waals surface area contributed by atoms with E-state index in [0.29, 0.717) is 57.7 Å². The highest BCUT2D eigenvalue weighted by molar-refractivity contribution is 6.61. The predicted molar refractivity (Wildman–Crippen MR) is 437 cm³/mol. The molecule has 0 saturated heterocycles. The summed E-state index contributed by atoms with van der Waals surface area (Å²) in [4.78, 5) is 68.2. The summed E-state index contributed by atoms with van der Waals surface area (Å²) in [7, 11) is 0. The lowest BCUT2D eigenvalue weighted by atomic mass is 9.47. The molecule has 119 heavy (non-hydrogen) atoms. The average Bonchev–Trinajstić information content (AvgIpc) is 0.727. The Morgan fingerprint density at radius 2 is 0.731 bits per heavy atom. The minimum atomic E-state index is -1.18. The van der Waals surface area contributed by atoms with E-state index in [-0.39, 0.29) is 136 Å². The molecule has 1 amide bonds. The van der Waals surface area contributed by atoms with E-state index in [1.807, 2.05) is 0 Å². The minimum absolute atomic E-state index is 0.00916. The molecule has 16 aliphatic rings. The van der Waals surface area contributed by atoms with Gasteiger partial charge in [0.05, 0.1) is 50.8 Å². The number of aromatic hydroxyl groups is 8. The number of nitrogens with two attached hydrogens (primary N) is 1. The number of phenolic OH excluding ortho intramolecular Hbond substituents is 6. The van der Waals surface area contributed by atoms with E-state index in [2.05, 4.69) is 19.5 Å². The Morgan fingerprint density at radius 1 is 0.395 bits per heavy atom. The van der Waals surface area contributed by atoms with Gasteiger partial charge in [-0.25, -0.2) is 24.0 Å². The van der Waals surface area contributed by atoms with Crippen molar-refractivity contribution in [2.45, 2.75) is 229 Å². The molecule has 0 atom stereocenters. The zero-order valence-electron chi connectivity index (χ0n) is 67.6. The van der Waals surface area contributed by atoms with E-state index >= 15 is 0 Å². The molecule has 0 spiro atoms. The van der Waals surface area contributed by atoms with Gasteiger partial charge in [0.2, 0.25) is 0 Å². The van der Waals surface area contributed by atoms with Gasteiger partial charge >= 0.3 is 29.5 Å². The molecule has 27 heteroatoms. The van der Waals surface area contributed by atoms with Gasteiger partial charge in [-0.3, -0.25) is 4.79 Å². The summed E-state index contributed by atoms with van der Waals surface area (Å²) in [6.07, 6.45) is 28.1. The first-order valence-corrected chi connectivity index (χ1v) is 42.3. The smallest absolute Gasteiger partial charge is 0.508 e. The molecule has 0 heterocycles. The van der Waals surface area contributed by atoms with Crippen LogP contribution in [-0.2, 0) is 70.0 Å². The summed E-state index contributed by atoms with van der Waals surface area (Å²) in [6, 6.07) is 22.0. The van der Waals surface area contributed by atoms with Crippen LogP contribution >= 0.6 is 11.6 Å². The number of hydrogen-bond donors (Lipinski definition) is 17. The third kappa shape index (κ3) is 20.6. The fourth-order valence-corrected chi connectivity index (χ4v) is 24.7. The van der Waals surface area contributed by atoms with Crippen LogP contribution in [0.3, 0.4) is 0 Å². The number of rotatable bonds is 16. The maximum absolute atomic E-state index is 12.9. The van der Waals surface area contributed by atoms with Crippen LogP contribution in [0.1, 0.15) is 259 Å². The Kier molecular flexibility index (Phi) is 28.2. The number of carbonyl (C=O) groups is 6.